The van der Waals surface area contributed by atoms with Gasteiger partial charge in [-0.15, -0.1) is 0 Å². The number of imide groups is 1. The summed E-state index contributed by atoms with van der Waals surface area (Å²) in [6, 6.07) is 2.64. The van der Waals surface area contributed by atoms with E-state index in [-0.39, 0.29) is 12.6 Å². The van der Waals surface area contributed by atoms with Crippen molar-refractivity contribution in [1.82, 2.24) is 20.4 Å². The van der Waals surface area contributed by atoms with Crippen LogP contribution in [0.5, 0.6) is 0 Å². The van der Waals surface area contributed by atoms with Gasteiger partial charge in [-0.2, -0.15) is 0 Å². The summed E-state index contributed by atoms with van der Waals surface area (Å²) in [5, 5.41) is 5.37. The molecule has 2 saturated heterocycles. The molecular formula is C19H28N4O5. The lowest BCUT2D eigenvalue weighted by atomic mass is 9.99. The van der Waals surface area contributed by atoms with Crippen molar-refractivity contribution in [3.63, 3.8) is 0 Å². The minimum Gasteiger partial charge on any atom is -0.466 e. The molecule has 2 atom stereocenters. The first kappa shape index (κ1) is 20.3. The number of furan rings is 1. The summed E-state index contributed by atoms with van der Waals surface area (Å²) in [5.74, 6) is -0.0254. The standard InChI is InChI=1S/C19H28N4O5/c1-13(2)10-22-6-8-27-14(11-22)9-20-16(24)12-23-17(25)19(3,21-18(23)26)15-5-4-7-28-15/h4-5,7,13-14H,6,8-12H2,1-3H3,(H,20,24)(H,21,26). The molecule has 0 radical (unpaired) electrons. The second-order valence-electron chi connectivity index (χ2n) is 7.87. The number of urea groups is 1. The minimum absolute atomic E-state index is 0.104. The first-order valence-electron chi connectivity index (χ1n) is 9.58. The Hall–Kier alpha value is -2.39. The molecule has 2 fully saturated rings. The zero-order chi connectivity index (χ0) is 20.3. The Bertz CT molecular complexity index is 720. The summed E-state index contributed by atoms with van der Waals surface area (Å²) in [6.45, 7) is 9.14. The monoisotopic (exact) mass is 392 g/mol. The summed E-state index contributed by atoms with van der Waals surface area (Å²) < 4.78 is 11.0. The van der Waals surface area contributed by atoms with Gasteiger partial charge in [0.25, 0.3) is 5.91 Å². The van der Waals surface area contributed by atoms with Gasteiger partial charge < -0.3 is 19.8 Å². The van der Waals surface area contributed by atoms with E-state index < -0.39 is 23.4 Å². The zero-order valence-electron chi connectivity index (χ0n) is 16.6. The molecule has 2 aliphatic rings. The highest BCUT2D eigenvalue weighted by Crippen LogP contribution is 2.28. The molecule has 9 nitrogen and oxygen atoms in total. The molecule has 154 valence electrons. The Morgan fingerprint density at radius 1 is 1.43 bits per heavy atom. The van der Waals surface area contributed by atoms with Crippen LogP contribution in [0.3, 0.4) is 0 Å². The highest BCUT2D eigenvalue weighted by Gasteiger charge is 2.51. The number of amides is 4. The van der Waals surface area contributed by atoms with Crippen molar-refractivity contribution in [3.8, 4) is 0 Å². The molecule has 3 heterocycles. The Morgan fingerprint density at radius 3 is 2.89 bits per heavy atom. The third kappa shape index (κ3) is 4.36. The maximum absolute atomic E-state index is 12.7. The Morgan fingerprint density at radius 2 is 2.21 bits per heavy atom. The van der Waals surface area contributed by atoms with Crippen LogP contribution in [0.25, 0.3) is 0 Å². The molecule has 0 saturated carbocycles. The average molecular weight is 392 g/mol. The van der Waals surface area contributed by atoms with Crippen LogP contribution in [0.2, 0.25) is 0 Å². The predicted octanol–water partition coefficient (Wildman–Crippen LogP) is 0.520. The lowest BCUT2D eigenvalue weighted by Gasteiger charge is -2.34. The molecule has 1 aromatic heterocycles. The molecule has 0 spiro atoms. The molecule has 2 N–H and O–H groups in total. The van der Waals surface area contributed by atoms with Gasteiger partial charge in [-0.3, -0.25) is 19.4 Å². The number of hydrogen-bond acceptors (Lipinski definition) is 6. The van der Waals surface area contributed by atoms with Gasteiger partial charge >= 0.3 is 6.03 Å². The van der Waals surface area contributed by atoms with Gasteiger partial charge in [0.05, 0.1) is 19.0 Å². The molecular weight excluding hydrogens is 364 g/mol. The largest absolute Gasteiger partial charge is 0.466 e. The second-order valence-corrected chi connectivity index (χ2v) is 7.87. The van der Waals surface area contributed by atoms with Crippen molar-refractivity contribution in [3.05, 3.63) is 24.2 Å². The molecule has 1 aromatic rings. The SMILES string of the molecule is CC(C)CN1CCOC(CNC(=O)CN2C(=O)NC(C)(c3ccco3)C2=O)C1. The summed E-state index contributed by atoms with van der Waals surface area (Å²) in [4.78, 5) is 40.5. The van der Waals surface area contributed by atoms with E-state index in [1.807, 2.05) is 0 Å². The maximum Gasteiger partial charge on any atom is 0.325 e. The number of nitrogens with zero attached hydrogens (tertiary/aromatic N) is 2. The van der Waals surface area contributed by atoms with Gasteiger partial charge in [0.1, 0.15) is 12.3 Å². The van der Waals surface area contributed by atoms with E-state index in [1.165, 1.54) is 6.26 Å². The third-order valence-electron chi connectivity index (χ3n) is 4.96. The Kier molecular flexibility index (Phi) is 6.04. The van der Waals surface area contributed by atoms with Crippen molar-refractivity contribution in [2.45, 2.75) is 32.4 Å². The molecule has 2 unspecified atom stereocenters. The molecule has 0 bridgehead atoms. The van der Waals surface area contributed by atoms with Gasteiger partial charge in [0.2, 0.25) is 5.91 Å². The van der Waals surface area contributed by atoms with Crippen LogP contribution in [0.15, 0.2) is 22.8 Å². The Labute approximate surface area is 164 Å². The normalized spacial score (nSPS) is 26.0. The molecule has 9 heteroatoms. The van der Waals surface area contributed by atoms with Crippen LogP contribution in [0, 0.1) is 5.92 Å². The number of nitrogens with one attached hydrogen (secondary N) is 2. The third-order valence-corrected chi connectivity index (χ3v) is 4.96. The van der Waals surface area contributed by atoms with Crippen molar-refractivity contribution >= 4 is 17.8 Å². The Balaban J connectivity index is 1.51. The van der Waals surface area contributed by atoms with Gasteiger partial charge in [-0.25, -0.2) is 4.79 Å². The van der Waals surface area contributed by atoms with E-state index in [0.717, 1.165) is 24.5 Å². The van der Waals surface area contributed by atoms with Crippen molar-refractivity contribution in [2.75, 3.05) is 39.3 Å². The van der Waals surface area contributed by atoms with Gasteiger partial charge in [-0.05, 0) is 25.0 Å². The smallest absolute Gasteiger partial charge is 0.325 e. The fraction of sp³-hybridized carbons (Fsp3) is 0.632. The van der Waals surface area contributed by atoms with Crippen LogP contribution in [0.1, 0.15) is 26.5 Å². The van der Waals surface area contributed by atoms with Gasteiger partial charge in [0.15, 0.2) is 5.54 Å². The number of morpholine rings is 1. The van der Waals surface area contributed by atoms with Crippen molar-refractivity contribution in [1.29, 1.82) is 0 Å². The summed E-state index contributed by atoms with van der Waals surface area (Å²) in [6.07, 6.45) is 1.33. The van der Waals surface area contributed by atoms with E-state index in [9.17, 15) is 14.4 Å². The summed E-state index contributed by atoms with van der Waals surface area (Å²) in [5.41, 5.74) is -1.30. The van der Waals surface area contributed by atoms with Crippen LogP contribution in [-0.4, -0.2) is 73.1 Å². The topological polar surface area (TPSA) is 104 Å². The predicted molar refractivity (Wildman–Crippen MR) is 100 cm³/mol. The van der Waals surface area contributed by atoms with Gasteiger partial charge in [0, 0.05) is 26.2 Å². The highest BCUT2D eigenvalue weighted by molar-refractivity contribution is 6.08. The molecule has 2 aliphatic heterocycles. The molecule has 28 heavy (non-hydrogen) atoms. The lowest BCUT2D eigenvalue weighted by Crippen LogP contribution is -2.50. The van der Waals surface area contributed by atoms with Crippen LogP contribution in [0.4, 0.5) is 4.79 Å². The van der Waals surface area contributed by atoms with Crippen molar-refractivity contribution < 1.29 is 23.5 Å². The summed E-state index contributed by atoms with van der Waals surface area (Å²) in [7, 11) is 0. The maximum atomic E-state index is 12.7. The first-order valence-corrected chi connectivity index (χ1v) is 9.58. The van der Waals surface area contributed by atoms with Gasteiger partial charge in [-0.1, -0.05) is 13.8 Å². The average Bonchev–Trinajstić information content (AvgIpc) is 3.24. The molecule has 0 aliphatic carbocycles. The fourth-order valence-corrected chi connectivity index (χ4v) is 3.58. The molecule has 4 amide bonds. The lowest BCUT2D eigenvalue weighted by molar-refractivity contribution is -0.135. The number of ether oxygens (including phenoxy) is 1. The van der Waals surface area contributed by atoms with E-state index in [1.54, 1.807) is 19.1 Å². The van der Waals surface area contributed by atoms with Crippen molar-refractivity contribution in [2.24, 2.45) is 5.92 Å². The molecule has 0 aromatic carbocycles. The number of rotatable bonds is 7. The minimum atomic E-state index is -1.30. The number of carbonyl (C=O) groups excluding carboxylic acids is 3. The van der Waals surface area contributed by atoms with E-state index in [2.05, 4.69) is 29.4 Å². The summed E-state index contributed by atoms with van der Waals surface area (Å²) >= 11 is 0. The van der Waals surface area contributed by atoms with Crippen LogP contribution >= 0.6 is 0 Å². The highest BCUT2D eigenvalue weighted by atomic mass is 16.5. The number of hydrogen-bond donors (Lipinski definition) is 2. The first-order chi connectivity index (χ1) is 13.3. The van der Waals surface area contributed by atoms with E-state index >= 15 is 0 Å². The van der Waals surface area contributed by atoms with E-state index in [4.69, 9.17) is 9.15 Å². The van der Waals surface area contributed by atoms with E-state index in [0.29, 0.717) is 24.8 Å². The van der Waals surface area contributed by atoms with Crippen LogP contribution in [-0.2, 0) is 19.9 Å². The second kappa shape index (κ2) is 8.32. The molecule has 3 rings (SSSR count). The fourth-order valence-electron chi connectivity index (χ4n) is 3.58. The number of carbonyl (C=O) groups is 3. The quantitative estimate of drug-likeness (QED) is 0.656. The zero-order valence-corrected chi connectivity index (χ0v) is 16.6. The van der Waals surface area contributed by atoms with Crippen LogP contribution < -0.4 is 10.6 Å².